The van der Waals surface area contributed by atoms with E-state index in [2.05, 4.69) is 10.5 Å². The van der Waals surface area contributed by atoms with Crippen molar-refractivity contribution >= 4 is 38.6 Å². The number of rotatable bonds is 5. The number of nitrogens with one attached hydrogen (secondary N) is 1. The van der Waals surface area contributed by atoms with Gasteiger partial charge < -0.3 is 4.42 Å². The van der Waals surface area contributed by atoms with Crippen molar-refractivity contribution in [3.63, 3.8) is 0 Å². The van der Waals surface area contributed by atoms with Crippen LogP contribution in [0, 0.1) is 0 Å². The molecule has 8 heteroatoms. The molecule has 5 rings (SSSR count). The third-order valence-corrected chi connectivity index (χ3v) is 6.93. The van der Waals surface area contributed by atoms with Crippen LogP contribution in [-0.4, -0.2) is 20.5 Å². The predicted molar refractivity (Wildman–Crippen MR) is 118 cm³/mol. The van der Waals surface area contributed by atoms with Gasteiger partial charge in [-0.15, -0.1) is 0 Å². The fraction of sp³-hybridized carbons (Fsp3) is 0.0435. The van der Waals surface area contributed by atoms with Gasteiger partial charge in [0.2, 0.25) is 0 Å². The molecule has 0 bridgehead atoms. The number of nitrogens with zero attached hydrogens (tertiary/aromatic N) is 2. The van der Waals surface area contributed by atoms with Crippen LogP contribution in [0.5, 0.6) is 0 Å². The highest BCUT2D eigenvalue weighted by Crippen LogP contribution is 2.42. The lowest BCUT2D eigenvalue weighted by atomic mass is 10.1. The van der Waals surface area contributed by atoms with Gasteiger partial charge in [0.15, 0.2) is 0 Å². The maximum atomic E-state index is 13.1. The molecule has 4 aromatic rings. The Morgan fingerprint density at radius 2 is 1.77 bits per heavy atom. The quantitative estimate of drug-likeness (QED) is 0.383. The van der Waals surface area contributed by atoms with Gasteiger partial charge >= 0.3 is 0 Å². The van der Waals surface area contributed by atoms with E-state index in [9.17, 15) is 13.2 Å². The summed E-state index contributed by atoms with van der Waals surface area (Å²) in [7, 11) is -3.63. The number of benzene rings is 3. The van der Waals surface area contributed by atoms with Crippen molar-refractivity contribution in [2.24, 2.45) is 5.10 Å². The SMILES string of the molecule is O=C(N/N=C\c1ccco1)c1ccc(CN2c3cccc4cccc(c34)S2(=O)=O)cc1. The minimum atomic E-state index is -3.63. The molecule has 3 aromatic carbocycles. The van der Waals surface area contributed by atoms with E-state index in [4.69, 9.17) is 4.42 Å². The summed E-state index contributed by atoms with van der Waals surface area (Å²) in [5.41, 5.74) is 4.28. The van der Waals surface area contributed by atoms with Crippen molar-refractivity contribution in [2.75, 3.05) is 4.31 Å². The first kappa shape index (κ1) is 19.1. The Labute approximate surface area is 178 Å². The summed E-state index contributed by atoms with van der Waals surface area (Å²) in [5, 5.41) is 5.49. The molecule has 1 amide bonds. The summed E-state index contributed by atoms with van der Waals surface area (Å²) in [6, 6.07) is 21.1. The number of furan rings is 1. The van der Waals surface area contributed by atoms with Gasteiger partial charge in [0.05, 0.1) is 29.6 Å². The molecule has 0 unspecified atom stereocenters. The van der Waals surface area contributed by atoms with Gasteiger partial charge in [-0.2, -0.15) is 5.10 Å². The summed E-state index contributed by atoms with van der Waals surface area (Å²) in [4.78, 5) is 12.6. The first-order valence-corrected chi connectivity index (χ1v) is 11.0. The average molecular weight is 431 g/mol. The second-order valence-corrected chi connectivity index (χ2v) is 8.89. The van der Waals surface area contributed by atoms with E-state index in [-0.39, 0.29) is 12.5 Å². The molecule has 0 aliphatic carbocycles. The van der Waals surface area contributed by atoms with Crippen LogP contribution >= 0.6 is 0 Å². The number of hydrazone groups is 1. The largest absolute Gasteiger partial charge is 0.463 e. The van der Waals surface area contributed by atoms with Crippen molar-refractivity contribution < 1.29 is 17.6 Å². The first-order chi connectivity index (χ1) is 15.0. The first-order valence-electron chi connectivity index (χ1n) is 9.54. The Hall–Kier alpha value is -3.91. The minimum absolute atomic E-state index is 0.175. The summed E-state index contributed by atoms with van der Waals surface area (Å²) < 4.78 is 32.7. The molecule has 154 valence electrons. The lowest BCUT2D eigenvalue weighted by molar-refractivity contribution is 0.0955. The van der Waals surface area contributed by atoms with Gasteiger partial charge in [0, 0.05) is 10.9 Å². The fourth-order valence-electron chi connectivity index (χ4n) is 3.64. The summed E-state index contributed by atoms with van der Waals surface area (Å²) in [5.74, 6) is 0.152. The number of carbonyl (C=O) groups is 1. The zero-order valence-corrected chi connectivity index (χ0v) is 17.0. The number of amides is 1. The van der Waals surface area contributed by atoms with E-state index < -0.39 is 10.0 Å². The topological polar surface area (TPSA) is 92.0 Å². The number of anilines is 1. The van der Waals surface area contributed by atoms with Gasteiger partial charge in [0.1, 0.15) is 5.76 Å². The third kappa shape index (κ3) is 3.36. The number of sulfonamides is 1. The highest BCUT2D eigenvalue weighted by Gasteiger charge is 2.35. The molecule has 31 heavy (non-hydrogen) atoms. The standard InChI is InChI=1S/C23H17N3O4S/c27-23(25-24-14-19-6-3-13-30-19)18-11-9-16(10-12-18)15-26-20-7-1-4-17-5-2-8-21(22(17)20)31(26,28)29/h1-14H,15H2,(H,25,27)/b24-14-. The molecular weight excluding hydrogens is 414 g/mol. The van der Waals surface area contributed by atoms with Gasteiger partial charge in [-0.3, -0.25) is 9.10 Å². The molecule has 0 fully saturated rings. The number of carbonyl (C=O) groups excluding carboxylic acids is 1. The smallest absolute Gasteiger partial charge is 0.271 e. The van der Waals surface area contributed by atoms with Gasteiger partial charge in [0.25, 0.3) is 15.9 Å². The molecule has 0 atom stereocenters. The van der Waals surface area contributed by atoms with Gasteiger partial charge in [-0.05, 0) is 47.3 Å². The zero-order chi connectivity index (χ0) is 21.4. The Bertz CT molecular complexity index is 1400. The molecule has 7 nitrogen and oxygen atoms in total. The van der Waals surface area contributed by atoms with Crippen molar-refractivity contribution in [3.8, 4) is 0 Å². The molecule has 1 aromatic heterocycles. The second-order valence-electron chi connectivity index (χ2n) is 7.05. The van der Waals surface area contributed by atoms with E-state index in [0.717, 1.165) is 16.3 Å². The van der Waals surface area contributed by atoms with Crippen LogP contribution in [-0.2, 0) is 16.6 Å². The van der Waals surface area contributed by atoms with Gasteiger partial charge in [-0.25, -0.2) is 13.8 Å². The van der Waals surface area contributed by atoms with E-state index >= 15 is 0 Å². The Morgan fingerprint density at radius 3 is 2.52 bits per heavy atom. The minimum Gasteiger partial charge on any atom is -0.463 e. The molecule has 0 spiro atoms. The lowest BCUT2D eigenvalue weighted by Gasteiger charge is -2.19. The number of hydrogen-bond donors (Lipinski definition) is 1. The predicted octanol–water partition coefficient (Wildman–Crippen LogP) is 3.91. The molecule has 0 radical (unpaired) electrons. The van der Waals surface area contributed by atoms with Crippen LogP contribution in [0.2, 0.25) is 0 Å². The van der Waals surface area contributed by atoms with Crippen LogP contribution < -0.4 is 9.73 Å². The fourth-order valence-corrected chi connectivity index (χ4v) is 5.34. The molecule has 1 aliphatic heterocycles. The number of hydrogen-bond acceptors (Lipinski definition) is 5. The van der Waals surface area contributed by atoms with Crippen molar-refractivity contribution in [2.45, 2.75) is 11.4 Å². The lowest BCUT2D eigenvalue weighted by Crippen LogP contribution is -2.26. The van der Waals surface area contributed by atoms with E-state index in [1.807, 2.05) is 24.3 Å². The van der Waals surface area contributed by atoms with Crippen molar-refractivity contribution in [1.29, 1.82) is 0 Å². The molecular formula is C23H17N3O4S. The summed E-state index contributed by atoms with van der Waals surface area (Å²) in [6.45, 7) is 0.175. The van der Waals surface area contributed by atoms with Crippen molar-refractivity contribution in [1.82, 2.24) is 5.43 Å². The van der Waals surface area contributed by atoms with Crippen molar-refractivity contribution in [3.05, 3.63) is 95.9 Å². The second kappa shape index (κ2) is 7.41. The maximum Gasteiger partial charge on any atom is 0.271 e. The zero-order valence-electron chi connectivity index (χ0n) is 16.2. The van der Waals surface area contributed by atoms with E-state index in [0.29, 0.717) is 21.9 Å². The Morgan fingerprint density at radius 1 is 1.00 bits per heavy atom. The monoisotopic (exact) mass is 431 g/mol. The normalized spacial score (nSPS) is 14.4. The van der Waals surface area contributed by atoms with Gasteiger partial charge in [-0.1, -0.05) is 36.4 Å². The molecule has 0 saturated heterocycles. The average Bonchev–Trinajstić information content (AvgIpc) is 3.37. The molecule has 0 saturated carbocycles. The molecule has 1 aliphatic rings. The molecule has 1 N–H and O–H groups in total. The Balaban J connectivity index is 1.34. The van der Waals surface area contributed by atoms with E-state index in [1.165, 1.54) is 16.8 Å². The van der Waals surface area contributed by atoms with Crippen LogP contribution in [0.25, 0.3) is 10.8 Å². The van der Waals surface area contributed by atoms with Crippen LogP contribution in [0.4, 0.5) is 5.69 Å². The molecule has 2 heterocycles. The van der Waals surface area contributed by atoms with E-state index in [1.54, 1.807) is 48.5 Å². The highest BCUT2D eigenvalue weighted by atomic mass is 32.2. The Kier molecular flexibility index (Phi) is 4.56. The van der Waals surface area contributed by atoms with Crippen LogP contribution in [0.1, 0.15) is 21.7 Å². The maximum absolute atomic E-state index is 13.1. The summed E-state index contributed by atoms with van der Waals surface area (Å²) in [6.07, 6.45) is 2.92. The third-order valence-electron chi connectivity index (χ3n) is 5.12. The summed E-state index contributed by atoms with van der Waals surface area (Å²) >= 11 is 0. The van der Waals surface area contributed by atoms with Crippen LogP contribution in [0.3, 0.4) is 0 Å². The van der Waals surface area contributed by atoms with Crippen LogP contribution in [0.15, 0.2) is 93.5 Å². The highest BCUT2D eigenvalue weighted by molar-refractivity contribution is 7.93.